The molecule has 4 rings (SSSR count). The first-order valence-electron chi connectivity index (χ1n) is 15.3. The second-order valence-corrected chi connectivity index (χ2v) is 11.9. The highest BCUT2D eigenvalue weighted by atomic mass is 16.3. The summed E-state index contributed by atoms with van der Waals surface area (Å²) in [5, 5.41) is 15.5. The molecule has 7 N–H and O–H groups in total. The molecule has 0 spiro atoms. The van der Waals surface area contributed by atoms with E-state index in [0.717, 1.165) is 27.8 Å². The van der Waals surface area contributed by atoms with E-state index in [9.17, 15) is 24.3 Å². The van der Waals surface area contributed by atoms with Crippen LogP contribution in [-0.4, -0.2) is 64.3 Å². The van der Waals surface area contributed by atoms with Crippen LogP contribution in [-0.2, 0) is 32.0 Å². The van der Waals surface area contributed by atoms with Gasteiger partial charge in [0.05, 0.1) is 6.04 Å². The van der Waals surface area contributed by atoms with Crippen LogP contribution in [0.3, 0.4) is 0 Å². The zero-order chi connectivity index (χ0) is 32.7. The fourth-order valence-corrected chi connectivity index (χ4v) is 6.09. The van der Waals surface area contributed by atoms with E-state index in [-0.39, 0.29) is 24.5 Å². The Hall–Kier alpha value is -4.70. The molecule has 0 saturated carbocycles. The van der Waals surface area contributed by atoms with Crippen molar-refractivity contribution in [2.24, 2.45) is 11.5 Å². The zero-order valence-electron chi connectivity index (χ0n) is 26.0. The number of carbonyl (C=O) groups is 4. The van der Waals surface area contributed by atoms with E-state index in [4.69, 9.17) is 11.5 Å². The van der Waals surface area contributed by atoms with Crippen LogP contribution in [0.5, 0.6) is 5.75 Å². The molecule has 4 amide bonds. The SMILES string of the molecule is Cc1cc(O)cc(C)c1C[C@H](N)C(=O)N1CCC[C@H]1C(=O)N[C@@H](Cc1ccccc1)C(=O)N[C@H](C(N)=O)[C@@H](C)c1ccccc1. The van der Waals surface area contributed by atoms with Gasteiger partial charge < -0.3 is 32.1 Å². The Morgan fingerprint density at radius 1 is 0.933 bits per heavy atom. The van der Waals surface area contributed by atoms with Gasteiger partial charge in [-0.1, -0.05) is 67.6 Å². The molecule has 0 unspecified atom stereocenters. The average molecular weight is 614 g/mol. The molecule has 5 atom stereocenters. The fourth-order valence-electron chi connectivity index (χ4n) is 6.09. The number of phenolic OH excluding ortho intramolecular Hbond substituents is 1. The van der Waals surface area contributed by atoms with Crippen molar-refractivity contribution in [2.45, 2.75) is 76.5 Å². The topological polar surface area (TPSA) is 168 Å². The van der Waals surface area contributed by atoms with E-state index in [1.165, 1.54) is 4.90 Å². The van der Waals surface area contributed by atoms with Gasteiger partial charge in [0.1, 0.15) is 23.9 Å². The quantitative estimate of drug-likeness (QED) is 0.210. The van der Waals surface area contributed by atoms with E-state index >= 15 is 0 Å². The summed E-state index contributed by atoms with van der Waals surface area (Å²) in [6, 6.07) is 18.0. The first-order valence-corrected chi connectivity index (χ1v) is 15.3. The highest BCUT2D eigenvalue weighted by molar-refractivity contribution is 5.95. The van der Waals surface area contributed by atoms with Gasteiger partial charge in [0.15, 0.2) is 0 Å². The minimum Gasteiger partial charge on any atom is -0.508 e. The van der Waals surface area contributed by atoms with Crippen molar-refractivity contribution < 1.29 is 24.3 Å². The van der Waals surface area contributed by atoms with Crippen LogP contribution in [0.1, 0.15) is 53.5 Å². The molecule has 10 nitrogen and oxygen atoms in total. The van der Waals surface area contributed by atoms with Crippen molar-refractivity contribution in [3.8, 4) is 5.75 Å². The van der Waals surface area contributed by atoms with Crippen LogP contribution in [0.4, 0.5) is 0 Å². The molecule has 238 valence electrons. The minimum atomic E-state index is -1.03. The smallest absolute Gasteiger partial charge is 0.243 e. The molecule has 1 saturated heterocycles. The molecule has 3 aromatic rings. The first-order chi connectivity index (χ1) is 21.5. The van der Waals surface area contributed by atoms with Crippen LogP contribution in [0, 0.1) is 13.8 Å². The molecule has 1 fully saturated rings. The summed E-state index contributed by atoms with van der Waals surface area (Å²) in [7, 11) is 0. The molecule has 0 aliphatic carbocycles. The highest BCUT2D eigenvalue weighted by Crippen LogP contribution is 2.24. The van der Waals surface area contributed by atoms with E-state index in [0.29, 0.717) is 19.4 Å². The van der Waals surface area contributed by atoms with E-state index < -0.39 is 47.8 Å². The highest BCUT2D eigenvalue weighted by Gasteiger charge is 2.38. The van der Waals surface area contributed by atoms with Crippen LogP contribution < -0.4 is 22.1 Å². The number of primary amides is 1. The molecule has 1 aliphatic rings. The lowest BCUT2D eigenvalue weighted by molar-refractivity contribution is -0.140. The third-order valence-electron chi connectivity index (χ3n) is 8.61. The van der Waals surface area contributed by atoms with Gasteiger partial charge in [-0.05, 0) is 73.1 Å². The molecule has 3 aromatic carbocycles. The van der Waals surface area contributed by atoms with Gasteiger partial charge in [0.25, 0.3) is 0 Å². The maximum atomic E-state index is 13.7. The zero-order valence-corrected chi connectivity index (χ0v) is 26.0. The summed E-state index contributed by atoms with van der Waals surface area (Å²) in [4.78, 5) is 54.9. The number of nitrogens with two attached hydrogens (primary N) is 2. The number of hydrogen-bond donors (Lipinski definition) is 5. The van der Waals surface area contributed by atoms with Crippen molar-refractivity contribution >= 4 is 23.6 Å². The van der Waals surface area contributed by atoms with Crippen LogP contribution in [0.25, 0.3) is 0 Å². The van der Waals surface area contributed by atoms with Gasteiger partial charge in [-0.3, -0.25) is 19.2 Å². The van der Waals surface area contributed by atoms with Crippen molar-refractivity contribution in [2.75, 3.05) is 6.54 Å². The lowest BCUT2D eigenvalue weighted by atomic mass is 9.92. The summed E-state index contributed by atoms with van der Waals surface area (Å²) in [6.07, 6.45) is 1.47. The van der Waals surface area contributed by atoms with Crippen LogP contribution in [0.15, 0.2) is 72.8 Å². The monoisotopic (exact) mass is 613 g/mol. The molecule has 45 heavy (non-hydrogen) atoms. The Bertz CT molecular complexity index is 1490. The van der Waals surface area contributed by atoms with Crippen molar-refractivity contribution in [3.05, 3.63) is 101 Å². The van der Waals surface area contributed by atoms with Crippen LogP contribution in [0.2, 0.25) is 0 Å². The number of carbonyl (C=O) groups excluding carboxylic acids is 4. The maximum Gasteiger partial charge on any atom is 0.243 e. The minimum absolute atomic E-state index is 0.149. The Labute approximate surface area is 264 Å². The van der Waals surface area contributed by atoms with Gasteiger partial charge in [-0.2, -0.15) is 0 Å². The number of aromatic hydroxyl groups is 1. The van der Waals surface area contributed by atoms with Gasteiger partial charge in [0.2, 0.25) is 23.6 Å². The Morgan fingerprint density at radius 2 is 1.53 bits per heavy atom. The third-order valence-corrected chi connectivity index (χ3v) is 8.61. The third kappa shape index (κ3) is 8.27. The average Bonchev–Trinajstić information content (AvgIpc) is 3.51. The second kappa shape index (κ2) is 14.9. The summed E-state index contributed by atoms with van der Waals surface area (Å²) >= 11 is 0. The van der Waals surface area contributed by atoms with Crippen molar-refractivity contribution in [3.63, 3.8) is 0 Å². The number of nitrogens with one attached hydrogen (secondary N) is 2. The number of likely N-dealkylation sites (tertiary alicyclic amines) is 1. The molecular formula is C35H43N5O5. The molecule has 0 aromatic heterocycles. The van der Waals surface area contributed by atoms with E-state index in [1.54, 1.807) is 12.1 Å². The van der Waals surface area contributed by atoms with Crippen molar-refractivity contribution in [1.29, 1.82) is 0 Å². The van der Waals surface area contributed by atoms with E-state index in [1.807, 2.05) is 81.4 Å². The van der Waals surface area contributed by atoms with Gasteiger partial charge in [0, 0.05) is 18.9 Å². The summed E-state index contributed by atoms with van der Waals surface area (Å²) < 4.78 is 0. The summed E-state index contributed by atoms with van der Waals surface area (Å²) in [5.74, 6) is -2.32. The molecule has 10 heteroatoms. The number of aryl methyl sites for hydroxylation is 2. The number of phenols is 1. The van der Waals surface area contributed by atoms with Gasteiger partial charge >= 0.3 is 0 Å². The largest absolute Gasteiger partial charge is 0.508 e. The maximum absolute atomic E-state index is 13.7. The molecule has 1 heterocycles. The van der Waals surface area contributed by atoms with E-state index in [2.05, 4.69) is 10.6 Å². The lowest BCUT2D eigenvalue weighted by Gasteiger charge is -2.30. The normalized spacial score (nSPS) is 17.2. The standard InChI is InChI=1S/C35H43N5O5/c1-21-17-26(41)18-22(2)27(21)20-28(36)35(45)40-16-10-15-30(40)34(44)38-29(19-24-11-6-4-7-12-24)33(43)39-31(32(37)42)23(3)25-13-8-5-9-14-25/h4-9,11-14,17-18,23,28-31,41H,10,15-16,19-20,36H2,1-3H3,(H2,37,42)(H,38,44)(H,39,43)/t23-,28-,29-,30-,31-/m0/s1. The summed E-state index contributed by atoms with van der Waals surface area (Å²) in [6.45, 7) is 5.88. The Morgan fingerprint density at radius 3 is 2.13 bits per heavy atom. The molecule has 1 aliphatic heterocycles. The summed E-state index contributed by atoms with van der Waals surface area (Å²) in [5.41, 5.74) is 16.3. The fraction of sp³-hybridized carbons (Fsp3) is 0.371. The Balaban J connectivity index is 1.50. The number of benzene rings is 3. The predicted molar refractivity (Wildman–Crippen MR) is 172 cm³/mol. The molecular weight excluding hydrogens is 570 g/mol. The van der Waals surface area contributed by atoms with Crippen LogP contribution >= 0.6 is 0 Å². The number of amides is 4. The molecule has 0 bridgehead atoms. The second-order valence-electron chi connectivity index (χ2n) is 11.9. The predicted octanol–water partition coefficient (Wildman–Crippen LogP) is 2.37. The Kier molecular flexibility index (Phi) is 11.0. The van der Waals surface area contributed by atoms with Crippen molar-refractivity contribution in [1.82, 2.24) is 15.5 Å². The number of rotatable bonds is 12. The number of nitrogens with zero attached hydrogens (tertiary/aromatic N) is 1. The van der Waals surface area contributed by atoms with Gasteiger partial charge in [-0.15, -0.1) is 0 Å². The first kappa shape index (κ1) is 33.2. The van der Waals surface area contributed by atoms with Gasteiger partial charge in [-0.25, -0.2) is 0 Å². The lowest BCUT2D eigenvalue weighted by Crippen LogP contribution is -2.58. The molecule has 0 radical (unpaired) electrons. The number of hydrogen-bond acceptors (Lipinski definition) is 6.